The maximum absolute atomic E-state index is 12.4. The second kappa shape index (κ2) is 6.81. The first-order valence-electron chi connectivity index (χ1n) is 6.02. The maximum Gasteiger partial charge on any atom is 0.242 e. The van der Waals surface area contributed by atoms with E-state index in [1.165, 1.54) is 11.3 Å². The maximum atomic E-state index is 12.4. The third kappa shape index (κ3) is 4.00. The number of nitrogens with one attached hydrogen (secondary N) is 1. The molecule has 0 aliphatic rings. The molecule has 0 saturated heterocycles. The van der Waals surface area contributed by atoms with E-state index in [1.807, 2.05) is 13.8 Å². The van der Waals surface area contributed by atoms with Crippen molar-refractivity contribution in [2.24, 2.45) is 5.92 Å². The molecule has 0 saturated carbocycles. The molecule has 7 heteroatoms. The van der Waals surface area contributed by atoms with E-state index < -0.39 is 10.0 Å². The fourth-order valence-electron chi connectivity index (χ4n) is 1.76. The van der Waals surface area contributed by atoms with Crippen molar-refractivity contribution in [3.05, 3.63) is 15.8 Å². The smallest absolute Gasteiger partial charge is 0.242 e. The van der Waals surface area contributed by atoms with Gasteiger partial charge in [-0.3, -0.25) is 0 Å². The number of sulfonamides is 1. The molecule has 19 heavy (non-hydrogen) atoms. The van der Waals surface area contributed by atoms with Crippen LogP contribution in [0.5, 0.6) is 0 Å². The van der Waals surface area contributed by atoms with Gasteiger partial charge >= 0.3 is 0 Å². The molecule has 0 spiro atoms. The van der Waals surface area contributed by atoms with Crippen molar-refractivity contribution in [1.82, 2.24) is 4.72 Å². The average Bonchev–Trinajstić information content (AvgIpc) is 2.70. The van der Waals surface area contributed by atoms with Crippen molar-refractivity contribution < 1.29 is 18.3 Å². The first-order valence-corrected chi connectivity index (χ1v) is 8.38. The van der Waals surface area contributed by atoms with E-state index in [0.29, 0.717) is 17.0 Å². The van der Waals surface area contributed by atoms with Crippen molar-refractivity contribution in [3.8, 4) is 0 Å². The second-order valence-electron chi connectivity index (χ2n) is 4.76. The molecule has 0 bridgehead atoms. The van der Waals surface area contributed by atoms with Crippen LogP contribution in [-0.4, -0.2) is 33.3 Å². The summed E-state index contributed by atoms with van der Waals surface area (Å²) < 4.78 is 32.5. The predicted molar refractivity (Wildman–Crippen MR) is 75.8 cm³/mol. The van der Waals surface area contributed by atoms with Gasteiger partial charge in [0.1, 0.15) is 4.90 Å². The second-order valence-corrected chi connectivity index (χ2v) is 7.37. The zero-order valence-electron chi connectivity index (χ0n) is 11.6. The van der Waals surface area contributed by atoms with Crippen LogP contribution in [0.15, 0.2) is 10.3 Å². The Bertz CT molecular complexity index is 508. The summed E-state index contributed by atoms with van der Waals surface area (Å²) in [4.78, 5) is 0.659. The van der Waals surface area contributed by atoms with E-state index in [-0.39, 0.29) is 23.5 Å². The zero-order chi connectivity index (χ0) is 14.6. The topological polar surface area (TPSA) is 75.6 Å². The lowest BCUT2D eigenvalue weighted by Crippen LogP contribution is -2.41. The van der Waals surface area contributed by atoms with E-state index in [2.05, 4.69) is 4.72 Å². The van der Waals surface area contributed by atoms with Gasteiger partial charge in [-0.05, 0) is 23.8 Å². The lowest BCUT2D eigenvalue weighted by molar-refractivity contribution is 0.157. The highest BCUT2D eigenvalue weighted by molar-refractivity contribution is 7.89. The van der Waals surface area contributed by atoms with Gasteiger partial charge in [-0.2, -0.15) is 0 Å². The Balaban J connectivity index is 3.06. The van der Waals surface area contributed by atoms with E-state index in [4.69, 9.17) is 4.74 Å². The molecule has 2 N–H and O–H groups in total. The van der Waals surface area contributed by atoms with Crippen molar-refractivity contribution in [1.29, 1.82) is 0 Å². The molecular weight excluding hydrogens is 286 g/mol. The summed E-state index contributed by atoms with van der Waals surface area (Å²) in [6, 6.07) is -0.291. The van der Waals surface area contributed by atoms with Gasteiger partial charge in [-0.1, -0.05) is 13.8 Å². The molecule has 0 radical (unpaired) electrons. The first-order chi connectivity index (χ1) is 8.83. The van der Waals surface area contributed by atoms with Crippen molar-refractivity contribution in [2.45, 2.75) is 38.3 Å². The molecule has 0 aliphatic heterocycles. The molecule has 0 amide bonds. The molecule has 0 aliphatic carbocycles. The van der Waals surface area contributed by atoms with Crippen molar-refractivity contribution in [2.75, 3.05) is 13.7 Å². The monoisotopic (exact) mass is 307 g/mol. The Hall–Kier alpha value is -0.470. The van der Waals surface area contributed by atoms with Crippen LogP contribution in [0.2, 0.25) is 0 Å². The minimum Gasteiger partial charge on any atom is -0.391 e. The summed E-state index contributed by atoms with van der Waals surface area (Å²) in [5, 5.41) is 11.0. The van der Waals surface area contributed by atoms with Gasteiger partial charge in [0.15, 0.2) is 0 Å². The van der Waals surface area contributed by atoms with Crippen molar-refractivity contribution in [3.63, 3.8) is 0 Å². The highest BCUT2D eigenvalue weighted by Crippen LogP contribution is 2.27. The summed E-state index contributed by atoms with van der Waals surface area (Å²) in [6.45, 7) is 5.63. The SMILES string of the molecule is COCC(NS(=O)(=O)c1c(C)csc1CO)C(C)C. The number of hydrogen-bond acceptors (Lipinski definition) is 5. The van der Waals surface area contributed by atoms with Crippen LogP contribution in [0.1, 0.15) is 24.3 Å². The largest absolute Gasteiger partial charge is 0.391 e. The molecule has 0 aromatic carbocycles. The Kier molecular flexibility index (Phi) is 5.94. The van der Waals surface area contributed by atoms with Gasteiger partial charge < -0.3 is 9.84 Å². The number of thiophene rings is 1. The molecule has 0 fully saturated rings. The van der Waals surface area contributed by atoms with Crippen LogP contribution < -0.4 is 4.72 Å². The third-order valence-electron chi connectivity index (χ3n) is 2.86. The molecular formula is C12H21NO4S2. The van der Waals surface area contributed by atoms with Gasteiger partial charge in [-0.15, -0.1) is 11.3 Å². The normalized spacial score (nSPS) is 14.0. The molecule has 1 rings (SSSR count). The molecule has 1 atom stereocenters. The van der Waals surface area contributed by atoms with E-state index >= 15 is 0 Å². The van der Waals surface area contributed by atoms with Gasteiger partial charge in [0.25, 0.3) is 0 Å². The van der Waals surface area contributed by atoms with Crippen LogP contribution >= 0.6 is 11.3 Å². The average molecular weight is 307 g/mol. The minimum absolute atomic E-state index is 0.117. The van der Waals surface area contributed by atoms with Crippen LogP contribution in [0.25, 0.3) is 0 Å². The lowest BCUT2D eigenvalue weighted by atomic mass is 10.1. The first kappa shape index (κ1) is 16.6. The number of aliphatic hydroxyl groups excluding tert-OH is 1. The summed E-state index contributed by atoms with van der Waals surface area (Å²) in [5.74, 6) is 0.117. The third-order valence-corrected chi connectivity index (χ3v) is 5.80. The number of hydrogen-bond donors (Lipinski definition) is 2. The van der Waals surface area contributed by atoms with Gasteiger partial charge in [0, 0.05) is 13.2 Å². The number of methoxy groups -OCH3 is 1. The Morgan fingerprint density at radius 1 is 1.47 bits per heavy atom. The van der Waals surface area contributed by atoms with E-state index in [0.717, 1.165) is 0 Å². The van der Waals surface area contributed by atoms with Crippen LogP contribution in [0.3, 0.4) is 0 Å². The molecule has 110 valence electrons. The molecule has 1 aromatic heterocycles. The summed E-state index contributed by atoms with van der Waals surface area (Å²) >= 11 is 1.25. The lowest BCUT2D eigenvalue weighted by Gasteiger charge is -2.21. The standard InChI is InChI=1S/C12H21NO4S2/c1-8(2)10(6-17-4)13-19(15,16)12-9(3)7-18-11(12)5-14/h7-8,10,13-14H,5-6H2,1-4H3. The fourth-order valence-corrected chi connectivity index (χ4v) is 4.79. The predicted octanol–water partition coefficient (Wildman–Crippen LogP) is 1.50. The Morgan fingerprint density at radius 3 is 2.58 bits per heavy atom. The number of aryl methyl sites for hydroxylation is 1. The molecule has 1 heterocycles. The van der Waals surface area contributed by atoms with Crippen molar-refractivity contribution >= 4 is 21.4 Å². The summed E-state index contributed by atoms with van der Waals surface area (Å²) in [7, 11) is -2.10. The van der Waals surface area contributed by atoms with Crippen LogP contribution in [0, 0.1) is 12.8 Å². The molecule has 1 unspecified atom stereocenters. The summed E-state index contributed by atoms with van der Waals surface area (Å²) in [5.41, 5.74) is 0.654. The summed E-state index contributed by atoms with van der Waals surface area (Å²) in [6.07, 6.45) is 0. The van der Waals surface area contributed by atoms with E-state index in [9.17, 15) is 13.5 Å². The number of rotatable bonds is 7. The Labute approximate surface area is 118 Å². The zero-order valence-corrected chi connectivity index (χ0v) is 13.3. The van der Waals surface area contributed by atoms with Gasteiger partial charge in [0.05, 0.1) is 18.1 Å². The molecule has 5 nitrogen and oxygen atoms in total. The van der Waals surface area contributed by atoms with Gasteiger partial charge in [-0.25, -0.2) is 13.1 Å². The highest BCUT2D eigenvalue weighted by Gasteiger charge is 2.27. The van der Waals surface area contributed by atoms with Gasteiger partial charge in [0.2, 0.25) is 10.0 Å². The number of ether oxygens (including phenoxy) is 1. The minimum atomic E-state index is -3.64. The van der Waals surface area contributed by atoms with E-state index in [1.54, 1.807) is 19.4 Å². The highest BCUT2D eigenvalue weighted by atomic mass is 32.2. The van der Waals surface area contributed by atoms with Crippen LogP contribution in [0.4, 0.5) is 0 Å². The fraction of sp³-hybridized carbons (Fsp3) is 0.667. The quantitative estimate of drug-likeness (QED) is 0.800. The van der Waals surface area contributed by atoms with Crippen LogP contribution in [-0.2, 0) is 21.4 Å². The number of aliphatic hydroxyl groups is 1. The Morgan fingerprint density at radius 2 is 2.11 bits per heavy atom. The molecule has 1 aromatic rings.